The van der Waals surface area contributed by atoms with Crippen molar-refractivity contribution < 1.29 is 46.6 Å². The van der Waals surface area contributed by atoms with E-state index in [0.717, 1.165) is 25.3 Å². The molecule has 1 aliphatic heterocycles. The Hall–Kier alpha value is -4.42. The van der Waals surface area contributed by atoms with Crippen molar-refractivity contribution in [3.05, 3.63) is 71.2 Å². The molecule has 0 saturated carbocycles. The SMILES string of the molecule is CC(=O)/C(=C\N(C(=O)NCc1cccc(F)c1C(F)(F)F)c1ccc(N2CCOC2=O)cc1)C(=O)O. The van der Waals surface area contributed by atoms with Crippen molar-refractivity contribution in [2.45, 2.75) is 19.6 Å². The van der Waals surface area contributed by atoms with Gasteiger partial charge in [0.05, 0.1) is 17.8 Å². The molecule has 2 aromatic rings. The summed E-state index contributed by atoms with van der Waals surface area (Å²) in [4.78, 5) is 50.0. The number of anilines is 2. The molecule has 1 saturated heterocycles. The highest BCUT2D eigenvalue weighted by Crippen LogP contribution is 2.34. The molecular weight excluding hydrogens is 490 g/mol. The number of nitrogens with one attached hydrogen (secondary N) is 1. The molecule has 3 rings (SSSR count). The van der Waals surface area contributed by atoms with Crippen LogP contribution in [0.3, 0.4) is 0 Å². The predicted molar refractivity (Wildman–Crippen MR) is 118 cm³/mol. The highest BCUT2D eigenvalue weighted by atomic mass is 19.4. The van der Waals surface area contributed by atoms with Crippen LogP contribution in [0.4, 0.5) is 38.5 Å². The largest absolute Gasteiger partial charge is 0.478 e. The van der Waals surface area contributed by atoms with Crippen LogP contribution in [0.25, 0.3) is 0 Å². The fraction of sp³-hybridized carbons (Fsp3) is 0.217. The first-order chi connectivity index (χ1) is 16.9. The molecule has 0 atom stereocenters. The molecule has 13 heteroatoms. The van der Waals surface area contributed by atoms with Gasteiger partial charge in [0, 0.05) is 18.4 Å². The van der Waals surface area contributed by atoms with E-state index in [-0.39, 0.29) is 18.8 Å². The Kier molecular flexibility index (Phi) is 7.61. The molecule has 9 nitrogen and oxygen atoms in total. The number of Topliss-reactive ketones (excluding diaryl/α,β-unsaturated/α-hetero) is 1. The van der Waals surface area contributed by atoms with E-state index in [1.54, 1.807) is 0 Å². The number of nitrogens with zero attached hydrogens (tertiary/aromatic N) is 2. The Bertz CT molecular complexity index is 1210. The number of aliphatic carboxylic acids is 1. The fourth-order valence-corrected chi connectivity index (χ4v) is 3.39. The first kappa shape index (κ1) is 26.2. The van der Waals surface area contributed by atoms with Gasteiger partial charge in [-0.3, -0.25) is 14.6 Å². The van der Waals surface area contributed by atoms with Crippen LogP contribution >= 0.6 is 0 Å². The maximum atomic E-state index is 13.8. The average molecular weight is 509 g/mol. The minimum atomic E-state index is -5.03. The van der Waals surface area contributed by atoms with Gasteiger partial charge in [0.2, 0.25) is 0 Å². The molecule has 3 amide bonds. The molecule has 2 aromatic carbocycles. The number of amides is 3. The molecule has 36 heavy (non-hydrogen) atoms. The number of alkyl halides is 3. The molecule has 0 aliphatic carbocycles. The summed E-state index contributed by atoms with van der Waals surface area (Å²) >= 11 is 0. The molecule has 0 spiro atoms. The topological polar surface area (TPSA) is 116 Å². The third-order valence-corrected chi connectivity index (χ3v) is 5.10. The monoisotopic (exact) mass is 509 g/mol. The smallest absolute Gasteiger partial charge is 0.419 e. The lowest BCUT2D eigenvalue weighted by Gasteiger charge is -2.22. The Balaban J connectivity index is 1.93. The van der Waals surface area contributed by atoms with Gasteiger partial charge in [-0.1, -0.05) is 12.1 Å². The van der Waals surface area contributed by atoms with Gasteiger partial charge in [-0.2, -0.15) is 13.2 Å². The number of ketones is 1. The summed E-state index contributed by atoms with van der Waals surface area (Å²) in [5, 5.41) is 11.5. The number of urea groups is 1. The lowest BCUT2D eigenvalue weighted by Crippen LogP contribution is -2.37. The summed E-state index contributed by atoms with van der Waals surface area (Å²) < 4.78 is 58.6. The molecular formula is C23H19F4N3O6. The number of hydrogen-bond donors (Lipinski definition) is 2. The van der Waals surface area contributed by atoms with Crippen molar-refractivity contribution >= 4 is 35.3 Å². The summed E-state index contributed by atoms with van der Waals surface area (Å²) in [5.41, 5.74) is -2.46. The van der Waals surface area contributed by atoms with Crippen LogP contribution in [0, 0.1) is 5.82 Å². The van der Waals surface area contributed by atoms with Crippen molar-refractivity contribution in [1.82, 2.24) is 5.32 Å². The molecule has 1 fully saturated rings. The van der Waals surface area contributed by atoms with Crippen molar-refractivity contribution in [3.8, 4) is 0 Å². The molecule has 0 aromatic heterocycles. The maximum absolute atomic E-state index is 13.8. The van der Waals surface area contributed by atoms with Gasteiger partial charge in [-0.25, -0.2) is 18.8 Å². The second-order valence-electron chi connectivity index (χ2n) is 7.49. The van der Waals surface area contributed by atoms with Crippen molar-refractivity contribution in [3.63, 3.8) is 0 Å². The number of halogens is 4. The number of carbonyl (C=O) groups excluding carboxylic acids is 3. The standard InChI is InChI=1S/C23H19F4N3O6/c1-13(31)17(20(32)33)12-30(16-7-5-15(6-8-16)29-9-10-36-22(29)35)21(34)28-11-14-3-2-4-18(24)19(14)23(25,26)27/h2-8,12H,9-11H2,1H3,(H,28,34)(H,32,33)/b17-12+. The molecule has 2 N–H and O–H groups in total. The Morgan fingerprint density at radius 2 is 1.83 bits per heavy atom. The van der Waals surface area contributed by atoms with E-state index in [1.807, 2.05) is 0 Å². The number of hydrogen-bond acceptors (Lipinski definition) is 5. The number of benzene rings is 2. The average Bonchev–Trinajstić information content (AvgIpc) is 3.22. The van der Waals surface area contributed by atoms with Gasteiger partial charge in [-0.15, -0.1) is 0 Å². The summed E-state index contributed by atoms with van der Waals surface area (Å²) in [6.45, 7) is 0.666. The second-order valence-corrected chi connectivity index (χ2v) is 7.49. The van der Waals surface area contributed by atoms with E-state index in [0.29, 0.717) is 16.7 Å². The zero-order valence-electron chi connectivity index (χ0n) is 18.6. The number of carboxylic acid groups (broad SMARTS) is 1. The molecule has 0 unspecified atom stereocenters. The highest BCUT2D eigenvalue weighted by molar-refractivity contribution is 6.16. The number of carbonyl (C=O) groups is 4. The Labute approximate surface area is 201 Å². The van der Waals surface area contributed by atoms with Gasteiger partial charge in [0.1, 0.15) is 18.0 Å². The van der Waals surface area contributed by atoms with Crippen molar-refractivity contribution in [1.29, 1.82) is 0 Å². The minimum Gasteiger partial charge on any atom is -0.478 e. The summed E-state index contributed by atoms with van der Waals surface area (Å²) in [6, 6.07) is 7.09. The zero-order chi connectivity index (χ0) is 26.6. The van der Waals surface area contributed by atoms with Gasteiger partial charge in [-0.05, 0) is 42.8 Å². The molecule has 1 aliphatic rings. The summed E-state index contributed by atoms with van der Waals surface area (Å²) in [5.74, 6) is -4.05. The van der Waals surface area contributed by atoms with Gasteiger partial charge in [0.15, 0.2) is 5.78 Å². The number of rotatable bonds is 7. The summed E-state index contributed by atoms with van der Waals surface area (Å²) in [7, 11) is 0. The third-order valence-electron chi connectivity index (χ3n) is 5.10. The Morgan fingerprint density at radius 3 is 2.36 bits per heavy atom. The maximum Gasteiger partial charge on any atom is 0.419 e. The molecule has 1 heterocycles. The molecule has 0 bridgehead atoms. The lowest BCUT2D eigenvalue weighted by molar-refractivity contribution is -0.140. The molecule has 190 valence electrons. The number of cyclic esters (lactones) is 1. The van der Waals surface area contributed by atoms with Gasteiger partial charge < -0.3 is 15.2 Å². The predicted octanol–water partition coefficient (Wildman–Crippen LogP) is 4.07. The first-order valence-electron chi connectivity index (χ1n) is 10.3. The number of carboxylic acids is 1. The quantitative estimate of drug-likeness (QED) is 0.252. The van der Waals surface area contributed by atoms with E-state index in [2.05, 4.69) is 5.32 Å². The van der Waals surface area contributed by atoms with E-state index < -0.39 is 59.1 Å². The van der Waals surface area contributed by atoms with Crippen LogP contribution in [0.5, 0.6) is 0 Å². The Morgan fingerprint density at radius 1 is 1.17 bits per heavy atom. The van der Waals surface area contributed by atoms with Crippen molar-refractivity contribution in [2.24, 2.45) is 0 Å². The van der Waals surface area contributed by atoms with E-state index in [9.17, 15) is 41.8 Å². The normalized spacial score (nSPS) is 13.9. The van der Waals surface area contributed by atoms with Crippen LogP contribution in [0.2, 0.25) is 0 Å². The second kappa shape index (κ2) is 10.5. The lowest BCUT2D eigenvalue weighted by atomic mass is 10.1. The van der Waals surface area contributed by atoms with E-state index in [1.165, 1.54) is 29.2 Å². The van der Waals surface area contributed by atoms with Crippen LogP contribution in [0.15, 0.2) is 54.2 Å². The fourth-order valence-electron chi connectivity index (χ4n) is 3.39. The van der Waals surface area contributed by atoms with Crippen LogP contribution in [-0.4, -0.2) is 42.1 Å². The van der Waals surface area contributed by atoms with E-state index in [4.69, 9.17) is 4.74 Å². The zero-order valence-corrected chi connectivity index (χ0v) is 18.6. The summed E-state index contributed by atoms with van der Waals surface area (Å²) in [6.07, 6.45) is -4.89. The van der Waals surface area contributed by atoms with Crippen molar-refractivity contribution in [2.75, 3.05) is 23.0 Å². The van der Waals surface area contributed by atoms with Gasteiger partial charge >= 0.3 is 24.3 Å². The van der Waals surface area contributed by atoms with Crippen LogP contribution in [0.1, 0.15) is 18.1 Å². The van der Waals surface area contributed by atoms with Crippen LogP contribution in [-0.2, 0) is 27.0 Å². The highest BCUT2D eigenvalue weighted by Gasteiger charge is 2.36. The first-order valence-corrected chi connectivity index (χ1v) is 10.3. The minimum absolute atomic E-state index is 0.0269. The number of ether oxygens (including phenoxy) is 1. The van der Waals surface area contributed by atoms with Gasteiger partial charge in [0.25, 0.3) is 0 Å². The van der Waals surface area contributed by atoms with E-state index >= 15 is 0 Å². The van der Waals surface area contributed by atoms with Crippen LogP contribution < -0.4 is 15.1 Å². The molecule has 0 radical (unpaired) electrons. The third kappa shape index (κ3) is 5.79.